The normalized spacial score (nSPS) is 23.4. The van der Waals surface area contributed by atoms with Gasteiger partial charge in [0, 0.05) is 19.1 Å². The first-order valence-corrected chi connectivity index (χ1v) is 7.12. The van der Waals surface area contributed by atoms with Crippen molar-refractivity contribution in [2.45, 2.75) is 26.0 Å². The van der Waals surface area contributed by atoms with Gasteiger partial charge in [-0.25, -0.2) is 9.52 Å². The molecule has 2 unspecified atom stereocenters. The number of ether oxygens (including phenoxy) is 2. The summed E-state index contributed by atoms with van der Waals surface area (Å²) < 4.78 is 36.5. The maximum atomic E-state index is 11.9. The van der Waals surface area contributed by atoms with E-state index in [1.54, 1.807) is 13.8 Å². The van der Waals surface area contributed by atoms with Crippen molar-refractivity contribution in [1.29, 1.82) is 0 Å². The molecule has 1 fully saturated rings. The summed E-state index contributed by atoms with van der Waals surface area (Å²) in [6, 6.07) is -0.286. The van der Waals surface area contributed by atoms with Gasteiger partial charge in [-0.1, -0.05) is 0 Å². The number of carbonyl (C=O) groups is 1. The minimum absolute atomic E-state index is 0.104. The number of nitrogens with one attached hydrogen (secondary N) is 1. The zero-order valence-corrected chi connectivity index (χ0v) is 11.3. The van der Waals surface area contributed by atoms with Crippen LogP contribution >= 0.6 is 0 Å². The molecule has 0 aromatic carbocycles. The van der Waals surface area contributed by atoms with Crippen molar-refractivity contribution < 1.29 is 22.7 Å². The molecule has 0 aromatic heterocycles. The number of nitrogens with zero attached hydrogens (tertiary/aromatic N) is 1. The highest BCUT2D eigenvalue weighted by molar-refractivity contribution is 7.87. The molecule has 2 atom stereocenters. The van der Waals surface area contributed by atoms with E-state index in [4.69, 9.17) is 10.5 Å². The lowest BCUT2D eigenvalue weighted by atomic mass is 10.2. The third-order valence-electron chi connectivity index (χ3n) is 2.47. The van der Waals surface area contributed by atoms with Crippen molar-refractivity contribution in [3.63, 3.8) is 0 Å². The molecule has 1 amide bonds. The quantitative estimate of drug-likeness (QED) is 0.685. The van der Waals surface area contributed by atoms with Crippen LogP contribution in [0.25, 0.3) is 0 Å². The fourth-order valence-electron chi connectivity index (χ4n) is 1.52. The Labute approximate surface area is 107 Å². The first kappa shape index (κ1) is 15.2. The summed E-state index contributed by atoms with van der Waals surface area (Å²) in [6.07, 6.45) is -1.36. The minimum Gasteiger partial charge on any atom is -0.449 e. The van der Waals surface area contributed by atoms with Gasteiger partial charge in [-0.15, -0.1) is 0 Å². The summed E-state index contributed by atoms with van der Waals surface area (Å²) in [5, 5.41) is 0. The smallest absolute Gasteiger partial charge is 0.421 e. The van der Waals surface area contributed by atoms with E-state index in [0.29, 0.717) is 0 Å². The zero-order valence-electron chi connectivity index (χ0n) is 10.5. The molecule has 1 aliphatic heterocycles. The first-order chi connectivity index (χ1) is 8.36. The summed E-state index contributed by atoms with van der Waals surface area (Å²) in [5.74, 6) is 0. The van der Waals surface area contributed by atoms with Crippen molar-refractivity contribution in [3.05, 3.63) is 0 Å². The molecule has 0 bridgehead atoms. The van der Waals surface area contributed by atoms with Crippen LogP contribution in [0, 0.1) is 0 Å². The minimum atomic E-state index is -3.90. The van der Waals surface area contributed by atoms with Crippen molar-refractivity contribution >= 4 is 16.3 Å². The lowest BCUT2D eigenvalue weighted by Gasteiger charge is -2.33. The molecule has 106 valence electrons. The Kier molecular flexibility index (Phi) is 5.32. The average Bonchev–Trinajstić information content (AvgIpc) is 2.28. The second kappa shape index (κ2) is 6.32. The van der Waals surface area contributed by atoms with Crippen molar-refractivity contribution in [1.82, 2.24) is 9.03 Å². The SMILES string of the molecule is CCOC(=O)NS(=O)(=O)N1CCOC(C(C)N)C1. The van der Waals surface area contributed by atoms with Gasteiger partial charge in [0.1, 0.15) is 0 Å². The molecule has 1 rings (SSSR count). The topological polar surface area (TPSA) is 111 Å². The Morgan fingerprint density at radius 2 is 2.33 bits per heavy atom. The lowest BCUT2D eigenvalue weighted by Crippen LogP contribution is -2.54. The maximum absolute atomic E-state index is 11.9. The van der Waals surface area contributed by atoms with Gasteiger partial charge >= 0.3 is 16.3 Å². The number of nitrogens with two attached hydrogens (primary N) is 1. The highest BCUT2D eigenvalue weighted by Gasteiger charge is 2.32. The third kappa shape index (κ3) is 4.09. The number of hydrogen-bond donors (Lipinski definition) is 2. The van der Waals surface area contributed by atoms with Crippen LogP contribution in [0.2, 0.25) is 0 Å². The van der Waals surface area contributed by atoms with Crippen LogP contribution < -0.4 is 10.5 Å². The van der Waals surface area contributed by atoms with Crippen LogP contribution in [0.15, 0.2) is 0 Å². The lowest BCUT2D eigenvalue weighted by molar-refractivity contribution is -0.0123. The van der Waals surface area contributed by atoms with Gasteiger partial charge in [0.05, 0.1) is 19.3 Å². The molecular weight excluding hydrogens is 262 g/mol. The standard InChI is InChI=1S/C9H19N3O5S/c1-3-16-9(13)11-18(14,15)12-4-5-17-8(6-12)7(2)10/h7-8H,3-6,10H2,1-2H3,(H,11,13). The van der Waals surface area contributed by atoms with E-state index in [1.807, 2.05) is 4.72 Å². The predicted molar refractivity (Wildman–Crippen MR) is 64.0 cm³/mol. The van der Waals surface area contributed by atoms with Gasteiger partial charge in [0.15, 0.2) is 0 Å². The predicted octanol–water partition coefficient (Wildman–Crippen LogP) is -0.975. The fourth-order valence-corrected chi connectivity index (χ4v) is 2.57. The molecule has 1 heterocycles. The van der Waals surface area contributed by atoms with Crippen molar-refractivity contribution in [3.8, 4) is 0 Å². The van der Waals surface area contributed by atoms with Crippen molar-refractivity contribution in [2.75, 3.05) is 26.3 Å². The number of morpholine rings is 1. The highest BCUT2D eigenvalue weighted by Crippen LogP contribution is 2.11. The molecule has 18 heavy (non-hydrogen) atoms. The fraction of sp³-hybridized carbons (Fsp3) is 0.889. The van der Waals surface area contributed by atoms with Crippen LogP contribution in [0.3, 0.4) is 0 Å². The Morgan fingerprint density at radius 1 is 1.67 bits per heavy atom. The molecule has 0 saturated carbocycles. The van der Waals surface area contributed by atoms with Crippen LogP contribution in [0.4, 0.5) is 4.79 Å². The molecule has 1 aliphatic rings. The summed E-state index contributed by atoms with van der Waals surface area (Å²) in [7, 11) is -3.90. The van der Waals surface area contributed by atoms with E-state index in [-0.39, 0.29) is 38.4 Å². The molecule has 3 N–H and O–H groups in total. The Morgan fingerprint density at radius 3 is 2.89 bits per heavy atom. The Hall–Kier alpha value is -0.900. The molecular formula is C9H19N3O5S. The second-order valence-electron chi connectivity index (χ2n) is 3.95. The van der Waals surface area contributed by atoms with E-state index < -0.39 is 16.3 Å². The number of amides is 1. The van der Waals surface area contributed by atoms with Crippen LogP contribution in [0.5, 0.6) is 0 Å². The maximum Gasteiger partial charge on any atom is 0.421 e. The molecule has 0 spiro atoms. The highest BCUT2D eigenvalue weighted by atomic mass is 32.2. The molecule has 9 heteroatoms. The van der Waals surface area contributed by atoms with Crippen LogP contribution in [-0.2, 0) is 19.7 Å². The molecule has 0 aliphatic carbocycles. The summed E-state index contributed by atoms with van der Waals surface area (Å²) in [5.41, 5.74) is 5.66. The Bertz CT molecular complexity index is 384. The van der Waals surface area contributed by atoms with Gasteiger partial charge < -0.3 is 15.2 Å². The number of hydrogen-bond acceptors (Lipinski definition) is 6. The number of carbonyl (C=O) groups excluding carboxylic acids is 1. The zero-order chi connectivity index (χ0) is 13.8. The van der Waals surface area contributed by atoms with Gasteiger partial charge in [0.2, 0.25) is 0 Å². The Balaban J connectivity index is 2.64. The second-order valence-corrected chi connectivity index (χ2v) is 5.62. The summed E-state index contributed by atoms with van der Waals surface area (Å²) in [4.78, 5) is 11.1. The molecule has 1 saturated heterocycles. The molecule has 0 radical (unpaired) electrons. The average molecular weight is 281 g/mol. The van der Waals surface area contributed by atoms with Gasteiger partial charge in [0.25, 0.3) is 0 Å². The van der Waals surface area contributed by atoms with E-state index in [2.05, 4.69) is 4.74 Å². The van der Waals surface area contributed by atoms with Gasteiger partial charge in [-0.2, -0.15) is 12.7 Å². The van der Waals surface area contributed by atoms with E-state index in [0.717, 1.165) is 4.31 Å². The number of rotatable bonds is 4. The largest absolute Gasteiger partial charge is 0.449 e. The molecule has 0 aromatic rings. The molecule has 8 nitrogen and oxygen atoms in total. The summed E-state index contributed by atoms with van der Waals surface area (Å²) in [6.45, 7) is 3.97. The van der Waals surface area contributed by atoms with Crippen LogP contribution in [-0.4, -0.2) is 57.3 Å². The van der Waals surface area contributed by atoms with Gasteiger partial charge in [-0.05, 0) is 13.8 Å². The van der Waals surface area contributed by atoms with Crippen molar-refractivity contribution in [2.24, 2.45) is 5.73 Å². The van der Waals surface area contributed by atoms with Crippen LogP contribution in [0.1, 0.15) is 13.8 Å². The summed E-state index contributed by atoms with van der Waals surface area (Å²) >= 11 is 0. The monoisotopic (exact) mass is 281 g/mol. The van der Waals surface area contributed by atoms with E-state index >= 15 is 0 Å². The van der Waals surface area contributed by atoms with E-state index in [9.17, 15) is 13.2 Å². The first-order valence-electron chi connectivity index (χ1n) is 5.68. The third-order valence-corrected chi connectivity index (χ3v) is 3.91. The van der Waals surface area contributed by atoms with E-state index in [1.165, 1.54) is 0 Å². The van der Waals surface area contributed by atoms with Gasteiger partial charge in [-0.3, -0.25) is 0 Å².